The summed E-state index contributed by atoms with van der Waals surface area (Å²) in [6.45, 7) is 7.85. The smallest absolute Gasteiger partial charge is 0.0224 e. The lowest BCUT2D eigenvalue weighted by molar-refractivity contribution is 0.0521. The van der Waals surface area contributed by atoms with Gasteiger partial charge in [0.2, 0.25) is 0 Å². The molecule has 0 radical (unpaired) electrons. The summed E-state index contributed by atoms with van der Waals surface area (Å²) in [5.74, 6) is 1.08. The molecule has 2 unspecified atom stereocenters. The van der Waals surface area contributed by atoms with Crippen LogP contribution in [0.3, 0.4) is 0 Å². The highest BCUT2D eigenvalue weighted by molar-refractivity contribution is 4.90. The van der Waals surface area contributed by atoms with Gasteiger partial charge in [-0.25, -0.2) is 0 Å². The van der Waals surface area contributed by atoms with Gasteiger partial charge >= 0.3 is 0 Å². The van der Waals surface area contributed by atoms with E-state index in [1.165, 1.54) is 64.7 Å². The number of hydrogen-bond acceptors (Lipinski definition) is 2. The molecule has 0 spiro atoms. The standard InChI is InChI=1S/C14H26N2/c1-12-10-16-8-3-6-14(16)11-15(12)9-7-13-4-2-5-13/h12-14H,2-11H2,1H3. The van der Waals surface area contributed by atoms with E-state index in [9.17, 15) is 0 Å². The molecule has 1 saturated carbocycles. The molecule has 2 atom stereocenters. The van der Waals surface area contributed by atoms with Gasteiger partial charge in [0.15, 0.2) is 0 Å². The average molecular weight is 222 g/mol. The van der Waals surface area contributed by atoms with E-state index >= 15 is 0 Å². The van der Waals surface area contributed by atoms with Crippen molar-refractivity contribution in [1.82, 2.24) is 9.80 Å². The topological polar surface area (TPSA) is 6.48 Å². The Hall–Kier alpha value is -0.0800. The monoisotopic (exact) mass is 222 g/mol. The van der Waals surface area contributed by atoms with Crippen LogP contribution in [0.2, 0.25) is 0 Å². The fourth-order valence-corrected chi connectivity index (χ4v) is 3.69. The van der Waals surface area contributed by atoms with Crippen LogP contribution in [0.25, 0.3) is 0 Å². The minimum atomic E-state index is 0.800. The molecule has 0 aromatic heterocycles. The van der Waals surface area contributed by atoms with Crippen LogP contribution in [-0.4, -0.2) is 48.1 Å². The molecule has 2 saturated heterocycles. The molecule has 2 aliphatic heterocycles. The van der Waals surface area contributed by atoms with E-state index in [1.54, 1.807) is 0 Å². The second kappa shape index (κ2) is 4.66. The van der Waals surface area contributed by atoms with Crippen LogP contribution in [0.4, 0.5) is 0 Å². The van der Waals surface area contributed by atoms with E-state index < -0.39 is 0 Å². The average Bonchev–Trinajstić information content (AvgIpc) is 2.62. The molecule has 0 bridgehead atoms. The van der Waals surface area contributed by atoms with Gasteiger partial charge in [-0.1, -0.05) is 19.3 Å². The quantitative estimate of drug-likeness (QED) is 0.723. The summed E-state index contributed by atoms with van der Waals surface area (Å²) >= 11 is 0. The molecular weight excluding hydrogens is 196 g/mol. The highest BCUT2D eigenvalue weighted by Gasteiger charge is 2.34. The largest absolute Gasteiger partial charge is 0.298 e. The molecule has 2 nitrogen and oxygen atoms in total. The van der Waals surface area contributed by atoms with Gasteiger partial charge < -0.3 is 0 Å². The third-order valence-electron chi connectivity index (χ3n) is 5.12. The maximum Gasteiger partial charge on any atom is 0.0224 e. The lowest BCUT2D eigenvalue weighted by Gasteiger charge is -2.43. The van der Waals surface area contributed by atoms with Gasteiger partial charge in [-0.05, 0) is 45.2 Å². The van der Waals surface area contributed by atoms with Gasteiger partial charge in [0.1, 0.15) is 0 Å². The van der Waals surface area contributed by atoms with Gasteiger partial charge in [0.05, 0.1) is 0 Å². The summed E-state index contributed by atoms with van der Waals surface area (Å²) in [5.41, 5.74) is 0. The molecule has 0 N–H and O–H groups in total. The van der Waals surface area contributed by atoms with E-state index in [2.05, 4.69) is 16.7 Å². The van der Waals surface area contributed by atoms with E-state index in [4.69, 9.17) is 0 Å². The summed E-state index contributed by atoms with van der Waals surface area (Å²) < 4.78 is 0. The normalized spacial score (nSPS) is 37.3. The Kier molecular flexibility index (Phi) is 3.21. The Morgan fingerprint density at radius 3 is 2.69 bits per heavy atom. The summed E-state index contributed by atoms with van der Waals surface area (Å²) in [4.78, 5) is 5.50. The highest BCUT2D eigenvalue weighted by atomic mass is 15.3. The Morgan fingerprint density at radius 2 is 1.94 bits per heavy atom. The fourth-order valence-electron chi connectivity index (χ4n) is 3.69. The number of fused-ring (bicyclic) bond motifs is 1. The summed E-state index contributed by atoms with van der Waals surface area (Å²) in [5, 5.41) is 0. The van der Waals surface area contributed by atoms with E-state index in [0.29, 0.717) is 0 Å². The summed E-state index contributed by atoms with van der Waals surface area (Å²) in [6.07, 6.45) is 8.88. The molecular formula is C14H26N2. The molecule has 2 heterocycles. The molecule has 2 heteroatoms. The number of hydrogen-bond donors (Lipinski definition) is 0. The molecule has 0 aromatic carbocycles. The lowest BCUT2D eigenvalue weighted by Crippen LogP contribution is -2.55. The summed E-state index contributed by atoms with van der Waals surface area (Å²) in [6, 6.07) is 1.70. The zero-order valence-electron chi connectivity index (χ0n) is 10.7. The van der Waals surface area contributed by atoms with Crippen LogP contribution in [0, 0.1) is 5.92 Å². The molecule has 16 heavy (non-hydrogen) atoms. The van der Waals surface area contributed by atoms with Crippen molar-refractivity contribution >= 4 is 0 Å². The zero-order chi connectivity index (χ0) is 11.0. The highest BCUT2D eigenvalue weighted by Crippen LogP contribution is 2.31. The van der Waals surface area contributed by atoms with Crippen molar-refractivity contribution in [3.05, 3.63) is 0 Å². The third kappa shape index (κ3) is 2.14. The molecule has 92 valence electrons. The Balaban J connectivity index is 1.49. The fraction of sp³-hybridized carbons (Fsp3) is 1.00. The molecule has 1 aliphatic carbocycles. The zero-order valence-corrected chi connectivity index (χ0v) is 10.7. The second-order valence-corrected chi connectivity index (χ2v) is 6.22. The van der Waals surface area contributed by atoms with E-state index in [0.717, 1.165) is 18.0 Å². The van der Waals surface area contributed by atoms with Crippen LogP contribution >= 0.6 is 0 Å². The van der Waals surface area contributed by atoms with Crippen LogP contribution in [0.15, 0.2) is 0 Å². The van der Waals surface area contributed by atoms with Gasteiger partial charge in [0.25, 0.3) is 0 Å². The maximum absolute atomic E-state index is 2.77. The summed E-state index contributed by atoms with van der Waals surface area (Å²) in [7, 11) is 0. The van der Waals surface area contributed by atoms with Gasteiger partial charge in [-0.3, -0.25) is 9.80 Å². The van der Waals surface area contributed by atoms with Gasteiger partial charge in [-0.15, -0.1) is 0 Å². The molecule has 3 aliphatic rings. The molecule has 0 amide bonds. The first-order valence-corrected chi connectivity index (χ1v) is 7.31. The Morgan fingerprint density at radius 1 is 1.06 bits per heavy atom. The predicted octanol–water partition coefficient (Wildman–Crippen LogP) is 2.35. The minimum absolute atomic E-state index is 0.800. The maximum atomic E-state index is 2.77. The minimum Gasteiger partial charge on any atom is -0.298 e. The molecule has 3 fully saturated rings. The first kappa shape index (κ1) is 11.0. The lowest BCUT2D eigenvalue weighted by atomic mass is 9.83. The van der Waals surface area contributed by atoms with E-state index in [-0.39, 0.29) is 0 Å². The van der Waals surface area contributed by atoms with Crippen LogP contribution < -0.4 is 0 Å². The van der Waals surface area contributed by atoms with Gasteiger partial charge in [-0.2, -0.15) is 0 Å². The molecule has 0 aromatic rings. The predicted molar refractivity (Wildman–Crippen MR) is 67.6 cm³/mol. The van der Waals surface area contributed by atoms with Crippen molar-refractivity contribution in [1.29, 1.82) is 0 Å². The first-order valence-electron chi connectivity index (χ1n) is 7.31. The number of rotatable bonds is 3. The van der Waals surface area contributed by atoms with Crippen LogP contribution in [0.1, 0.15) is 45.4 Å². The number of piperazine rings is 1. The third-order valence-corrected chi connectivity index (χ3v) is 5.12. The van der Waals surface area contributed by atoms with Crippen molar-refractivity contribution < 1.29 is 0 Å². The van der Waals surface area contributed by atoms with E-state index in [1.807, 2.05) is 0 Å². The number of nitrogens with zero attached hydrogens (tertiary/aromatic N) is 2. The van der Waals surface area contributed by atoms with Gasteiger partial charge in [0, 0.05) is 25.2 Å². The van der Waals surface area contributed by atoms with Crippen LogP contribution in [0.5, 0.6) is 0 Å². The van der Waals surface area contributed by atoms with Crippen molar-refractivity contribution in [3.8, 4) is 0 Å². The second-order valence-electron chi connectivity index (χ2n) is 6.22. The molecule has 3 rings (SSSR count). The van der Waals surface area contributed by atoms with Crippen molar-refractivity contribution in [2.75, 3.05) is 26.2 Å². The van der Waals surface area contributed by atoms with Crippen molar-refractivity contribution in [2.24, 2.45) is 5.92 Å². The first-order chi connectivity index (χ1) is 7.83. The Bertz CT molecular complexity index is 237. The van der Waals surface area contributed by atoms with Crippen molar-refractivity contribution in [3.63, 3.8) is 0 Å². The Labute approximate surface area is 100.0 Å². The SMILES string of the molecule is CC1CN2CCCC2CN1CCC1CCC1. The van der Waals surface area contributed by atoms with Crippen LogP contribution in [-0.2, 0) is 0 Å². The van der Waals surface area contributed by atoms with Crippen molar-refractivity contribution in [2.45, 2.75) is 57.5 Å².